The lowest BCUT2D eigenvalue weighted by Gasteiger charge is -2.38. The Morgan fingerprint density at radius 2 is 1.44 bits per heavy atom. The van der Waals surface area contributed by atoms with Gasteiger partial charge in [0.05, 0.1) is 18.0 Å². The van der Waals surface area contributed by atoms with Crippen molar-refractivity contribution in [1.82, 2.24) is 10.4 Å². The topological polar surface area (TPSA) is 87.8 Å². The minimum absolute atomic E-state index is 0.0182. The third kappa shape index (κ3) is 10.4. The molecule has 4 atom stereocenters. The van der Waals surface area contributed by atoms with Crippen LogP contribution in [0.25, 0.3) is 0 Å². The smallest absolute Gasteiger partial charge is 0.311 e. The fourth-order valence-corrected chi connectivity index (χ4v) is 8.04. The van der Waals surface area contributed by atoms with Crippen molar-refractivity contribution in [3.8, 4) is 11.5 Å². The number of ether oxygens (including phenoxy) is 2. The quantitative estimate of drug-likeness (QED) is 0.132. The molecule has 0 aliphatic carbocycles. The number of amides is 1. The Labute approximate surface area is 293 Å². The van der Waals surface area contributed by atoms with E-state index in [0.29, 0.717) is 12.2 Å². The van der Waals surface area contributed by atoms with Crippen molar-refractivity contribution < 1.29 is 24.3 Å². The fraction of sp³-hybridized carbons (Fsp3) is 0.805. The molecule has 1 aromatic rings. The summed E-state index contributed by atoms with van der Waals surface area (Å²) < 4.78 is 12.7. The molecule has 273 valence electrons. The van der Waals surface area contributed by atoms with Gasteiger partial charge in [0.15, 0.2) is 0 Å². The standard InChI is InChI=1S/C41H69N2O5/c1-27(2)16-13-17-28(3)18-14-19-29(4)20-15-24-41(12)25-23-33-32(7)37(30(5)31(6)38(33)48-41)47-36(45)22-21-35(44)42-34-26-39(8,9)43(46)40(34,10)11/h27-29,34H,13-26H2,1-12H3,(H,42,44)/t28-,29-,34?,41-/m1/s1. The van der Waals surface area contributed by atoms with Crippen molar-refractivity contribution in [3.63, 3.8) is 0 Å². The van der Waals surface area contributed by atoms with Gasteiger partial charge < -0.3 is 14.8 Å². The molecular weight excluding hydrogens is 600 g/mol. The molecule has 0 bridgehead atoms. The minimum atomic E-state index is -0.712. The fourth-order valence-electron chi connectivity index (χ4n) is 8.04. The average Bonchev–Trinajstić information content (AvgIpc) is 3.14. The molecule has 48 heavy (non-hydrogen) atoms. The van der Waals surface area contributed by atoms with Crippen LogP contribution in [0.1, 0.15) is 168 Å². The third-order valence-corrected chi connectivity index (χ3v) is 11.6. The maximum atomic E-state index is 13.0. The van der Waals surface area contributed by atoms with E-state index in [4.69, 9.17) is 9.47 Å². The maximum Gasteiger partial charge on any atom is 0.311 e. The summed E-state index contributed by atoms with van der Waals surface area (Å²) in [6.07, 6.45) is 13.9. The molecule has 2 aliphatic heterocycles. The Hall–Kier alpha value is -2.12. The van der Waals surface area contributed by atoms with E-state index in [1.807, 2.05) is 41.5 Å². The Morgan fingerprint density at radius 3 is 2.00 bits per heavy atom. The van der Waals surface area contributed by atoms with Gasteiger partial charge in [0.25, 0.3) is 0 Å². The number of fused-ring (bicyclic) bond motifs is 1. The number of carbonyl (C=O) groups is 2. The first kappa shape index (κ1) is 40.3. The van der Waals surface area contributed by atoms with Crippen LogP contribution in [0.3, 0.4) is 0 Å². The average molecular weight is 670 g/mol. The van der Waals surface area contributed by atoms with Gasteiger partial charge in [-0.05, 0) is 122 Å². The van der Waals surface area contributed by atoms with Crippen LogP contribution in [0.2, 0.25) is 0 Å². The number of nitrogens with one attached hydrogen (secondary N) is 1. The van der Waals surface area contributed by atoms with Gasteiger partial charge in [0.2, 0.25) is 5.91 Å². The van der Waals surface area contributed by atoms with Gasteiger partial charge in [-0.2, -0.15) is 0 Å². The van der Waals surface area contributed by atoms with Crippen LogP contribution in [0.4, 0.5) is 0 Å². The van der Waals surface area contributed by atoms with E-state index < -0.39 is 17.0 Å². The SMILES string of the molecule is Cc1c(C)c2c(c(C)c1OC(=O)CCC(=O)NC1CC(C)(C)N([O])C1(C)C)CC[C@@](C)(CCC[C@H](C)CCC[C@H](C)CCCC(C)C)O2. The largest absolute Gasteiger partial charge is 0.487 e. The summed E-state index contributed by atoms with van der Waals surface area (Å²) in [5.74, 6) is 3.27. The van der Waals surface area contributed by atoms with Crippen molar-refractivity contribution in [2.24, 2.45) is 17.8 Å². The number of carbonyl (C=O) groups excluding carboxylic acids is 2. The van der Waals surface area contributed by atoms with Gasteiger partial charge in [-0.1, -0.05) is 72.6 Å². The Kier molecular flexibility index (Phi) is 14.0. The second-order valence-corrected chi connectivity index (χ2v) is 17.5. The van der Waals surface area contributed by atoms with E-state index in [-0.39, 0.29) is 30.4 Å². The summed E-state index contributed by atoms with van der Waals surface area (Å²) in [6.45, 7) is 25.3. The molecule has 1 unspecified atom stereocenters. The van der Waals surface area contributed by atoms with Crippen LogP contribution < -0.4 is 14.8 Å². The van der Waals surface area contributed by atoms with E-state index in [9.17, 15) is 14.8 Å². The molecule has 3 rings (SSSR count). The van der Waals surface area contributed by atoms with Crippen LogP contribution in [0.5, 0.6) is 11.5 Å². The lowest BCUT2D eigenvalue weighted by atomic mass is 9.83. The zero-order valence-electron chi connectivity index (χ0n) is 32.7. The molecule has 0 saturated carbocycles. The number of nitrogens with zero attached hydrogens (tertiary/aromatic N) is 1. The third-order valence-electron chi connectivity index (χ3n) is 11.6. The Bertz CT molecular complexity index is 1250. The molecule has 1 fully saturated rings. The number of hydroxylamine groups is 2. The van der Waals surface area contributed by atoms with E-state index in [1.54, 1.807) is 0 Å². The molecule has 1 amide bonds. The summed E-state index contributed by atoms with van der Waals surface area (Å²) in [7, 11) is 0. The van der Waals surface area contributed by atoms with Gasteiger partial charge >= 0.3 is 5.97 Å². The number of benzene rings is 1. The molecule has 2 aliphatic rings. The van der Waals surface area contributed by atoms with Crippen LogP contribution in [-0.2, 0) is 21.2 Å². The van der Waals surface area contributed by atoms with Crippen molar-refractivity contribution in [2.45, 2.75) is 196 Å². The number of hydrogen-bond acceptors (Lipinski definition) is 5. The highest BCUT2D eigenvalue weighted by Gasteiger charge is 2.52. The summed E-state index contributed by atoms with van der Waals surface area (Å²) >= 11 is 0. The highest BCUT2D eigenvalue weighted by molar-refractivity contribution is 5.83. The first-order chi connectivity index (χ1) is 22.3. The van der Waals surface area contributed by atoms with Crippen LogP contribution in [0, 0.1) is 38.5 Å². The highest BCUT2D eigenvalue weighted by Crippen LogP contribution is 2.45. The van der Waals surface area contributed by atoms with Crippen LogP contribution >= 0.6 is 0 Å². The van der Waals surface area contributed by atoms with Gasteiger partial charge in [-0.25, -0.2) is 0 Å². The second kappa shape index (κ2) is 16.7. The highest BCUT2D eigenvalue weighted by atomic mass is 16.5. The van der Waals surface area contributed by atoms with Gasteiger partial charge in [0, 0.05) is 17.5 Å². The zero-order valence-corrected chi connectivity index (χ0v) is 32.7. The van der Waals surface area contributed by atoms with Gasteiger partial charge in [-0.3, -0.25) is 9.59 Å². The summed E-state index contributed by atoms with van der Waals surface area (Å²) in [5.41, 5.74) is 2.54. The molecule has 0 spiro atoms. The number of esters is 1. The van der Waals surface area contributed by atoms with Crippen molar-refractivity contribution >= 4 is 11.9 Å². The predicted octanol–water partition coefficient (Wildman–Crippen LogP) is 9.91. The maximum absolute atomic E-state index is 13.0. The monoisotopic (exact) mass is 670 g/mol. The molecule has 7 nitrogen and oxygen atoms in total. The van der Waals surface area contributed by atoms with Crippen LogP contribution in [0.15, 0.2) is 0 Å². The van der Waals surface area contributed by atoms with Crippen LogP contribution in [-0.4, -0.2) is 39.7 Å². The summed E-state index contributed by atoms with van der Waals surface area (Å²) in [6, 6.07) is -0.279. The normalized spacial score (nSPS) is 23.0. The number of rotatable bonds is 17. The Balaban J connectivity index is 1.49. The van der Waals surface area contributed by atoms with E-state index in [0.717, 1.165) is 70.1 Å². The molecule has 1 saturated heterocycles. The van der Waals surface area contributed by atoms with E-state index >= 15 is 0 Å². The molecule has 1 aromatic carbocycles. The van der Waals surface area contributed by atoms with Gasteiger partial charge in [0.1, 0.15) is 17.1 Å². The van der Waals surface area contributed by atoms with E-state index in [2.05, 4.69) is 46.9 Å². The molecular formula is C41H69N2O5. The first-order valence-corrected chi connectivity index (χ1v) is 19.1. The molecule has 0 aromatic heterocycles. The lowest BCUT2D eigenvalue weighted by Crippen LogP contribution is -2.52. The molecule has 2 heterocycles. The van der Waals surface area contributed by atoms with Gasteiger partial charge in [-0.15, -0.1) is 10.3 Å². The predicted molar refractivity (Wildman–Crippen MR) is 195 cm³/mol. The zero-order chi connectivity index (χ0) is 36.0. The number of hydrogen-bond donors (Lipinski definition) is 1. The van der Waals surface area contributed by atoms with Crippen molar-refractivity contribution in [2.75, 3.05) is 0 Å². The molecule has 7 heteroatoms. The summed E-state index contributed by atoms with van der Waals surface area (Å²) in [5, 5.41) is 16.7. The molecule has 1 radical (unpaired) electrons. The first-order valence-electron chi connectivity index (χ1n) is 19.1. The van der Waals surface area contributed by atoms with E-state index in [1.165, 1.54) is 51.4 Å². The second-order valence-electron chi connectivity index (χ2n) is 17.5. The lowest BCUT2D eigenvalue weighted by molar-refractivity contribution is -0.246. The van der Waals surface area contributed by atoms with Crippen molar-refractivity contribution in [3.05, 3.63) is 22.3 Å². The minimum Gasteiger partial charge on any atom is -0.487 e. The molecule has 1 N–H and O–H groups in total. The Morgan fingerprint density at radius 1 is 0.854 bits per heavy atom. The van der Waals surface area contributed by atoms with Crippen molar-refractivity contribution in [1.29, 1.82) is 0 Å². The summed E-state index contributed by atoms with van der Waals surface area (Å²) in [4.78, 5) is 25.7.